The van der Waals surface area contributed by atoms with Gasteiger partial charge in [0.15, 0.2) is 0 Å². The smallest absolute Gasteiger partial charge is 0.232 e. The molecular weight excluding hydrogens is 362 g/mol. The average Bonchev–Trinajstić information content (AvgIpc) is 2.68. The van der Waals surface area contributed by atoms with Crippen molar-refractivity contribution in [3.05, 3.63) is 65.2 Å². The fourth-order valence-electron chi connectivity index (χ4n) is 3.25. The molecule has 1 unspecified atom stereocenters. The number of nitrogens with one attached hydrogen (secondary N) is 1. The zero-order valence-electron chi connectivity index (χ0n) is 15.4. The SMILES string of the molecule is CC(NC(=O)CC(=O)N1CCN(c2cccc(Cl)c2)CC1)c1ccccc1. The number of hydrogen-bond donors (Lipinski definition) is 1. The first kappa shape index (κ1) is 19.2. The maximum absolute atomic E-state index is 12.4. The Morgan fingerprint density at radius 3 is 2.41 bits per heavy atom. The molecule has 2 amide bonds. The number of piperazine rings is 1. The maximum Gasteiger partial charge on any atom is 0.232 e. The van der Waals surface area contributed by atoms with Crippen LogP contribution in [0.5, 0.6) is 0 Å². The molecule has 1 fully saturated rings. The van der Waals surface area contributed by atoms with Crippen molar-refractivity contribution >= 4 is 29.1 Å². The van der Waals surface area contributed by atoms with Crippen LogP contribution in [0.15, 0.2) is 54.6 Å². The number of carbonyl (C=O) groups is 2. The zero-order chi connectivity index (χ0) is 19.2. The molecule has 1 atom stereocenters. The average molecular weight is 386 g/mol. The number of amides is 2. The highest BCUT2D eigenvalue weighted by Gasteiger charge is 2.23. The van der Waals surface area contributed by atoms with Gasteiger partial charge in [-0.1, -0.05) is 48.0 Å². The molecule has 1 aliphatic rings. The molecule has 0 saturated carbocycles. The van der Waals surface area contributed by atoms with E-state index in [0.29, 0.717) is 18.1 Å². The third-order valence-electron chi connectivity index (χ3n) is 4.79. The summed E-state index contributed by atoms with van der Waals surface area (Å²) in [6.07, 6.45) is -0.117. The quantitative estimate of drug-likeness (QED) is 0.804. The molecule has 0 bridgehead atoms. The summed E-state index contributed by atoms with van der Waals surface area (Å²) in [5.41, 5.74) is 2.08. The van der Waals surface area contributed by atoms with Crippen molar-refractivity contribution in [3.63, 3.8) is 0 Å². The summed E-state index contributed by atoms with van der Waals surface area (Å²) < 4.78 is 0. The predicted molar refractivity (Wildman–Crippen MR) is 108 cm³/mol. The molecule has 27 heavy (non-hydrogen) atoms. The van der Waals surface area contributed by atoms with Crippen LogP contribution in [-0.2, 0) is 9.59 Å². The second-order valence-electron chi connectivity index (χ2n) is 6.72. The van der Waals surface area contributed by atoms with Crippen molar-refractivity contribution in [3.8, 4) is 0 Å². The van der Waals surface area contributed by atoms with Crippen molar-refractivity contribution in [1.82, 2.24) is 10.2 Å². The summed E-state index contributed by atoms with van der Waals surface area (Å²) in [6.45, 7) is 4.59. The van der Waals surface area contributed by atoms with Crippen LogP contribution in [0.1, 0.15) is 24.9 Å². The highest BCUT2D eigenvalue weighted by atomic mass is 35.5. The van der Waals surface area contributed by atoms with E-state index in [-0.39, 0.29) is 24.3 Å². The molecule has 3 rings (SSSR count). The first-order valence-corrected chi connectivity index (χ1v) is 9.53. The van der Waals surface area contributed by atoms with Crippen LogP contribution >= 0.6 is 11.6 Å². The lowest BCUT2D eigenvalue weighted by atomic mass is 10.1. The van der Waals surface area contributed by atoms with Crippen LogP contribution in [0.4, 0.5) is 5.69 Å². The molecule has 1 saturated heterocycles. The molecule has 0 aliphatic carbocycles. The summed E-state index contributed by atoms with van der Waals surface area (Å²) in [5.74, 6) is -0.368. The van der Waals surface area contributed by atoms with Crippen LogP contribution in [0.2, 0.25) is 5.02 Å². The molecular formula is C21H24ClN3O2. The summed E-state index contributed by atoms with van der Waals surface area (Å²) in [4.78, 5) is 28.6. The maximum atomic E-state index is 12.4. The number of hydrogen-bond acceptors (Lipinski definition) is 3. The van der Waals surface area contributed by atoms with Gasteiger partial charge in [0.25, 0.3) is 0 Å². The molecule has 2 aromatic carbocycles. The molecule has 0 radical (unpaired) electrons. The number of benzene rings is 2. The highest BCUT2D eigenvalue weighted by Crippen LogP contribution is 2.21. The Morgan fingerprint density at radius 1 is 1.04 bits per heavy atom. The Labute approximate surface area is 164 Å². The van der Waals surface area contributed by atoms with Gasteiger partial charge in [-0.25, -0.2) is 0 Å². The largest absolute Gasteiger partial charge is 0.368 e. The number of rotatable bonds is 5. The third-order valence-corrected chi connectivity index (χ3v) is 5.03. The van der Waals surface area contributed by atoms with E-state index in [1.807, 2.05) is 61.5 Å². The number of carbonyl (C=O) groups excluding carboxylic acids is 2. The minimum atomic E-state index is -0.242. The van der Waals surface area contributed by atoms with E-state index in [2.05, 4.69) is 10.2 Å². The summed E-state index contributed by atoms with van der Waals surface area (Å²) in [6, 6.07) is 17.3. The van der Waals surface area contributed by atoms with Gasteiger partial charge < -0.3 is 15.1 Å². The lowest BCUT2D eigenvalue weighted by Crippen LogP contribution is -2.49. The molecule has 1 heterocycles. The van der Waals surface area contributed by atoms with Gasteiger partial charge in [-0.3, -0.25) is 9.59 Å². The first-order chi connectivity index (χ1) is 13.0. The van der Waals surface area contributed by atoms with Crippen molar-refractivity contribution in [2.45, 2.75) is 19.4 Å². The second kappa shape index (κ2) is 8.91. The third kappa shape index (κ3) is 5.23. The predicted octanol–water partition coefficient (Wildman–Crippen LogP) is 3.26. The molecule has 6 heteroatoms. The molecule has 1 N–H and O–H groups in total. The van der Waals surface area contributed by atoms with Gasteiger partial charge in [-0.2, -0.15) is 0 Å². The van der Waals surface area contributed by atoms with E-state index in [4.69, 9.17) is 11.6 Å². The van der Waals surface area contributed by atoms with Gasteiger partial charge in [0, 0.05) is 36.9 Å². The normalized spacial score (nSPS) is 15.3. The Kier molecular flexibility index (Phi) is 6.35. The van der Waals surface area contributed by atoms with Crippen LogP contribution in [0.3, 0.4) is 0 Å². The lowest BCUT2D eigenvalue weighted by molar-refractivity contribution is -0.136. The topological polar surface area (TPSA) is 52.7 Å². The van der Waals surface area contributed by atoms with Crippen molar-refractivity contribution < 1.29 is 9.59 Å². The van der Waals surface area contributed by atoms with Crippen molar-refractivity contribution in [2.24, 2.45) is 0 Å². The van der Waals surface area contributed by atoms with Crippen LogP contribution in [0.25, 0.3) is 0 Å². The molecule has 2 aromatic rings. The van der Waals surface area contributed by atoms with Gasteiger partial charge >= 0.3 is 0 Å². The van der Waals surface area contributed by atoms with Gasteiger partial charge in [-0.15, -0.1) is 0 Å². The summed E-state index contributed by atoms with van der Waals surface area (Å²) in [5, 5.41) is 3.60. The molecule has 5 nitrogen and oxygen atoms in total. The number of halogens is 1. The lowest BCUT2D eigenvalue weighted by Gasteiger charge is -2.36. The van der Waals surface area contributed by atoms with E-state index in [0.717, 1.165) is 24.3 Å². The Balaban J connectivity index is 1.47. The summed E-state index contributed by atoms with van der Waals surface area (Å²) in [7, 11) is 0. The Bertz CT molecular complexity index is 789. The van der Waals surface area contributed by atoms with Crippen LogP contribution in [-0.4, -0.2) is 42.9 Å². The van der Waals surface area contributed by atoms with Crippen LogP contribution in [0, 0.1) is 0 Å². The monoisotopic (exact) mass is 385 g/mol. The van der Waals surface area contributed by atoms with Gasteiger partial charge in [-0.05, 0) is 30.7 Å². The highest BCUT2D eigenvalue weighted by molar-refractivity contribution is 6.30. The van der Waals surface area contributed by atoms with E-state index >= 15 is 0 Å². The molecule has 142 valence electrons. The summed E-state index contributed by atoms with van der Waals surface area (Å²) >= 11 is 6.05. The van der Waals surface area contributed by atoms with E-state index < -0.39 is 0 Å². The number of anilines is 1. The minimum absolute atomic E-state index is 0.117. The minimum Gasteiger partial charge on any atom is -0.368 e. The van der Waals surface area contributed by atoms with Crippen LogP contribution < -0.4 is 10.2 Å². The van der Waals surface area contributed by atoms with Crippen molar-refractivity contribution in [2.75, 3.05) is 31.1 Å². The first-order valence-electron chi connectivity index (χ1n) is 9.15. The zero-order valence-corrected chi connectivity index (χ0v) is 16.2. The van der Waals surface area contributed by atoms with E-state index in [1.165, 1.54) is 0 Å². The van der Waals surface area contributed by atoms with E-state index in [9.17, 15) is 9.59 Å². The van der Waals surface area contributed by atoms with Gasteiger partial charge in [0.05, 0.1) is 6.04 Å². The Morgan fingerprint density at radius 2 is 1.74 bits per heavy atom. The molecule has 1 aliphatic heterocycles. The number of nitrogens with zero attached hydrogens (tertiary/aromatic N) is 2. The van der Waals surface area contributed by atoms with E-state index in [1.54, 1.807) is 4.90 Å². The fraction of sp³-hybridized carbons (Fsp3) is 0.333. The Hall–Kier alpha value is -2.53. The van der Waals surface area contributed by atoms with Gasteiger partial charge in [0.1, 0.15) is 6.42 Å². The second-order valence-corrected chi connectivity index (χ2v) is 7.16. The van der Waals surface area contributed by atoms with Gasteiger partial charge in [0.2, 0.25) is 11.8 Å². The molecule has 0 spiro atoms. The molecule has 0 aromatic heterocycles. The fourth-order valence-corrected chi connectivity index (χ4v) is 3.44. The standard InChI is InChI=1S/C21H24ClN3O2/c1-16(17-6-3-2-4-7-17)23-20(26)15-21(27)25-12-10-24(11-13-25)19-9-5-8-18(22)14-19/h2-9,14,16H,10-13,15H2,1H3,(H,23,26). The van der Waals surface area contributed by atoms with Crippen molar-refractivity contribution in [1.29, 1.82) is 0 Å².